The summed E-state index contributed by atoms with van der Waals surface area (Å²) in [6.45, 7) is 9.69. The quantitative estimate of drug-likeness (QED) is 0.595. The van der Waals surface area contributed by atoms with Crippen molar-refractivity contribution in [1.29, 1.82) is 0 Å². The number of amides is 1. The number of nitrogens with one attached hydrogen (secondary N) is 1. The maximum atomic E-state index is 13.1. The Kier molecular flexibility index (Phi) is 6.62. The number of aromatic amines is 1. The fourth-order valence-electron chi connectivity index (χ4n) is 3.91. The van der Waals surface area contributed by atoms with E-state index in [2.05, 4.69) is 4.98 Å². The molecule has 2 rings (SSSR count). The summed E-state index contributed by atoms with van der Waals surface area (Å²) in [5.74, 6) is -0.495. The number of carbonyl (C=O) groups is 3. The number of ketones is 1. The van der Waals surface area contributed by atoms with E-state index < -0.39 is 12.0 Å². The largest absolute Gasteiger partial charge is 0.461 e. The van der Waals surface area contributed by atoms with Crippen LogP contribution in [-0.4, -0.2) is 46.7 Å². The Morgan fingerprint density at radius 2 is 1.81 bits per heavy atom. The third-order valence-electron chi connectivity index (χ3n) is 5.34. The van der Waals surface area contributed by atoms with Crippen molar-refractivity contribution in [2.24, 2.45) is 5.92 Å². The van der Waals surface area contributed by atoms with Crippen LogP contribution in [0.25, 0.3) is 0 Å². The van der Waals surface area contributed by atoms with Gasteiger partial charge in [-0.15, -0.1) is 0 Å². The summed E-state index contributed by atoms with van der Waals surface area (Å²) in [6, 6.07) is -0.559. The Hall–Kier alpha value is -2.11. The van der Waals surface area contributed by atoms with Gasteiger partial charge in [0.2, 0.25) is 5.91 Å². The molecule has 0 saturated heterocycles. The van der Waals surface area contributed by atoms with Gasteiger partial charge in [-0.2, -0.15) is 0 Å². The van der Waals surface area contributed by atoms with Crippen LogP contribution in [0.1, 0.15) is 78.6 Å². The van der Waals surface area contributed by atoms with E-state index in [-0.39, 0.29) is 24.2 Å². The molecule has 1 fully saturated rings. The van der Waals surface area contributed by atoms with Gasteiger partial charge in [-0.25, -0.2) is 4.79 Å². The second-order valence-electron chi connectivity index (χ2n) is 6.99. The number of H-pyrrole nitrogens is 1. The van der Waals surface area contributed by atoms with E-state index in [4.69, 9.17) is 4.74 Å². The molecule has 144 valence electrons. The smallest absolute Gasteiger partial charge is 0.355 e. The van der Waals surface area contributed by atoms with Crippen molar-refractivity contribution < 1.29 is 19.1 Å². The van der Waals surface area contributed by atoms with Gasteiger partial charge in [0, 0.05) is 23.7 Å². The number of carbonyl (C=O) groups excluding carboxylic acids is 3. The summed E-state index contributed by atoms with van der Waals surface area (Å²) >= 11 is 0. The lowest BCUT2D eigenvalue weighted by molar-refractivity contribution is -0.136. The minimum Gasteiger partial charge on any atom is -0.461 e. The van der Waals surface area contributed by atoms with Gasteiger partial charge >= 0.3 is 5.97 Å². The van der Waals surface area contributed by atoms with Crippen LogP contribution >= 0.6 is 0 Å². The molecule has 0 aliphatic heterocycles. The summed E-state index contributed by atoms with van der Waals surface area (Å²) in [6.07, 6.45) is 3.97. The molecule has 1 aliphatic carbocycles. The standard InChI is InChI=1S/C20H30N2O4/c1-6-22(19(24)15-10-8-9-11-15)14(5)18(23)16-12(3)17(21-13(16)4)20(25)26-7-2/h14-15,21H,6-11H2,1-5H3. The number of likely N-dealkylation sites (N-methyl/N-ethyl adjacent to an activating group) is 1. The Balaban J connectivity index is 2.26. The number of hydrogen-bond donors (Lipinski definition) is 1. The minimum absolute atomic E-state index is 0.0358. The fourth-order valence-corrected chi connectivity index (χ4v) is 3.91. The molecular weight excluding hydrogens is 332 g/mol. The lowest BCUT2D eigenvalue weighted by Gasteiger charge is -2.29. The van der Waals surface area contributed by atoms with E-state index in [0.29, 0.717) is 29.1 Å². The first-order chi connectivity index (χ1) is 12.3. The van der Waals surface area contributed by atoms with Gasteiger partial charge < -0.3 is 14.6 Å². The molecule has 0 radical (unpaired) electrons. The van der Waals surface area contributed by atoms with Crippen molar-refractivity contribution in [3.05, 3.63) is 22.5 Å². The SMILES string of the molecule is CCOC(=O)c1[nH]c(C)c(C(=O)C(C)N(CC)C(=O)C2CCCC2)c1C. The lowest BCUT2D eigenvalue weighted by atomic mass is 9.98. The topological polar surface area (TPSA) is 79.5 Å². The molecule has 1 amide bonds. The third-order valence-corrected chi connectivity index (χ3v) is 5.34. The molecule has 26 heavy (non-hydrogen) atoms. The summed E-state index contributed by atoms with van der Waals surface area (Å²) in [5, 5.41) is 0. The zero-order valence-electron chi connectivity index (χ0n) is 16.5. The highest BCUT2D eigenvalue weighted by molar-refractivity contribution is 6.06. The van der Waals surface area contributed by atoms with Crippen LogP contribution in [0.2, 0.25) is 0 Å². The summed E-state index contributed by atoms with van der Waals surface area (Å²) in [7, 11) is 0. The molecule has 1 N–H and O–H groups in total. The van der Waals surface area contributed by atoms with Crippen molar-refractivity contribution in [3.63, 3.8) is 0 Å². The first-order valence-corrected chi connectivity index (χ1v) is 9.54. The number of Topliss-reactive ketones (excluding diaryl/α,β-unsaturated/α-hetero) is 1. The van der Waals surface area contributed by atoms with Gasteiger partial charge in [0.25, 0.3) is 0 Å². The molecule has 1 saturated carbocycles. The predicted molar refractivity (Wildman–Crippen MR) is 99.4 cm³/mol. The van der Waals surface area contributed by atoms with Crippen LogP contribution < -0.4 is 0 Å². The van der Waals surface area contributed by atoms with E-state index in [1.165, 1.54) is 0 Å². The number of aryl methyl sites for hydroxylation is 1. The van der Waals surface area contributed by atoms with Gasteiger partial charge in [0.05, 0.1) is 12.6 Å². The van der Waals surface area contributed by atoms with E-state index in [9.17, 15) is 14.4 Å². The van der Waals surface area contributed by atoms with Crippen molar-refractivity contribution in [2.45, 2.75) is 66.3 Å². The van der Waals surface area contributed by atoms with Gasteiger partial charge in [-0.05, 0) is 53.0 Å². The Morgan fingerprint density at radius 3 is 2.35 bits per heavy atom. The molecule has 0 bridgehead atoms. The minimum atomic E-state index is -0.559. The molecular formula is C20H30N2O4. The normalized spacial score (nSPS) is 15.7. The van der Waals surface area contributed by atoms with Gasteiger partial charge in [0.15, 0.2) is 5.78 Å². The van der Waals surface area contributed by atoms with Crippen molar-refractivity contribution in [3.8, 4) is 0 Å². The number of nitrogens with zero attached hydrogens (tertiary/aromatic N) is 1. The molecule has 6 nitrogen and oxygen atoms in total. The van der Waals surface area contributed by atoms with Crippen molar-refractivity contribution in [2.75, 3.05) is 13.2 Å². The Morgan fingerprint density at radius 1 is 1.19 bits per heavy atom. The number of aromatic nitrogens is 1. The lowest BCUT2D eigenvalue weighted by Crippen LogP contribution is -2.45. The maximum Gasteiger partial charge on any atom is 0.355 e. The first-order valence-electron chi connectivity index (χ1n) is 9.54. The van der Waals surface area contributed by atoms with Crippen molar-refractivity contribution >= 4 is 17.7 Å². The van der Waals surface area contributed by atoms with Gasteiger partial charge in [0.1, 0.15) is 5.69 Å². The second-order valence-corrected chi connectivity index (χ2v) is 6.99. The first kappa shape index (κ1) is 20.2. The highest BCUT2D eigenvalue weighted by atomic mass is 16.5. The van der Waals surface area contributed by atoms with Gasteiger partial charge in [-0.1, -0.05) is 12.8 Å². The highest BCUT2D eigenvalue weighted by Gasteiger charge is 2.34. The van der Waals surface area contributed by atoms with Crippen molar-refractivity contribution in [1.82, 2.24) is 9.88 Å². The van der Waals surface area contributed by atoms with E-state index in [1.807, 2.05) is 6.92 Å². The van der Waals surface area contributed by atoms with Crippen LogP contribution in [0.3, 0.4) is 0 Å². The van der Waals surface area contributed by atoms with E-state index >= 15 is 0 Å². The molecule has 6 heteroatoms. The molecule has 0 aromatic carbocycles. The molecule has 1 aromatic heterocycles. The molecule has 1 aromatic rings. The highest BCUT2D eigenvalue weighted by Crippen LogP contribution is 2.28. The summed E-state index contributed by atoms with van der Waals surface area (Å²) in [5.41, 5.74) is 2.01. The zero-order valence-corrected chi connectivity index (χ0v) is 16.5. The number of ether oxygens (including phenoxy) is 1. The maximum absolute atomic E-state index is 13.1. The number of hydrogen-bond acceptors (Lipinski definition) is 4. The Labute approximate surface area is 155 Å². The number of esters is 1. The van der Waals surface area contributed by atoms with Crippen LogP contribution in [0.5, 0.6) is 0 Å². The molecule has 1 heterocycles. The third kappa shape index (κ3) is 3.84. The average molecular weight is 362 g/mol. The zero-order chi connectivity index (χ0) is 19.4. The predicted octanol–water partition coefficient (Wildman–Crippen LogP) is 3.42. The molecule has 1 aliphatic rings. The molecule has 1 atom stereocenters. The molecule has 1 unspecified atom stereocenters. The van der Waals surface area contributed by atoms with E-state index in [0.717, 1.165) is 25.7 Å². The summed E-state index contributed by atoms with van der Waals surface area (Å²) < 4.78 is 5.05. The Bertz CT molecular complexity index is 686. The average Bonchev–Trinajstić information content (AvgIpc) is 3.23. The van der Waals surface area contributed by atoms with Crippen LogP contribution in [0.4, 0.5) is 0 Å². The molecule has 0 spiro atoms. The fraction of sp³-hybridized carbons (Fsp3) is 0.650. The van der Waals surface area contributed by atoms with E-state index in [1.54, 1.807) is 32.6 Å². The second kappa shape index (κ2) is 8.52. The number of rotatable bonds is 7. The van der Waals surface area contributed by atoms with Crippen LogP contribution in [-0.2, 0) is 9.53 Å². The summed E-state index contributed by atoms with van der Waals surface area (Å²) in [4.78, 5) is 42.7. The van der Waals surface area contributed by atoms with Crippen LogP contribution in [0, 0.1) is 19.8 Å². The van der Waals surface area contributed by atoms with Gasteiger partial charge in [-0.3, -0.25) is 9.59 Å². The monoisotopic (exact) mass is 362 g/mol. The van der Waals surface area contributed by atoms with Crippen LogP contribution in [0.15, 0.2) is 0 Å².